The van der Waals surface area contributed by atoms with Crippen LogP contribution in [0.1, 0.15) is 22.8 Å². The molecule has 3 N–H and O–H groups in total. The summed E-state index contributed by atoms with van der Waals surface area (Å²) in [5.41, 5.74) is 3.44. The number of hydrogen-bond acceptors (Lipinski definition) is 4. The molecular weight excluding hydrogens is 332 g/mol. The number of carbonyl (C=O) groups excluding carboxylic acids is 2. The Morgan fingerprint density at radius 1 is 1.04 bits per heavy atom. The van der Waals surface area contributed by atoms with Gasteiger partial charge in [0.05, 0.1) is 19.3 Å². The Morgan fingerprint density at radius 3 is 2.38 bits per heavy atom. The number of para-hydroxylation sites is 1. The monoisotopic (exact) mass is 356 g/mol. The molecule has 6 nitrogen and oxygen atoms in total. The van der Waals surface area contributed by atoms with Crippen LogP contribution in [0.2, 0.25) is 0 Å². The molecule has 2 aromatic carbocycles. The average Bonchev–Trinajstić information content (AvgIpc) is 2.64. The molecule has 0 spiro atoms. The first-order valence-electron chi connectivity index (χ1n) is 8.45. The molecule has 6 heteroatoms. The van der Waals surface area contributed by atoms with Crippen molar-refractivity contribution in [2.24, 2.45) is 0 Å². The first-order chi connectivity index (χ1) is 12.5. The number of hydrogen-bond donors (Lipinski definition) is 3. The van der Waals surface area contributed by atoms with Crippen molar-refractivity contribution in [2.75, 3.05) is 25.1 Å². The second-order valence-corrected chi connectivity index (χ2v) is 5.97. The van der Waals surface area contributed by atoms with Gasteiger partial charge < -0.3 is 20.5 Å². The highest BCUT2D eigenvalue weighted by Gasteiger charge is 2.18. The molecule has 2 aromatic rings. The van der Waals surface area contributed by atoms with E-state index in [1.807, 2.05) is 50.2 Å². The number of aliphatic hydroxyl groups is 1. The van der Waals surface area contributed by atoms with E-state index in [0.29, 0.717) is 5.69 Å². The maximum atomic E-state index is 12.1. The van der Waals surface area contributed by atoms with Crippen molar-refractivity contribution in [1.82, 2.24) is 5.32 Å². The van der Waals surface area contributed by atoms with E-state index in [-0.39, 0.29) is 19.8 Å². The topological polar surface area (TPSA) is 87.7 Å². The van der Waals surface area contributed by atoms with Gasteiger partial charge in [-0.15, -0.1) is 0 Å². The molecule has 2 rings (SSSR count). The van der Waals surface area contributed by atoms with Crippen LogP contribution < -0.4 is 10.6 Å². The summed E-state index contributed by atoms with van der Waals surface area (Å²) in [6, 6.07) is 14.9. The number of amides is 2. The highest BCUT2D eigenvalue weighted by Crippen LogP contribution is 2.17. The quantitative estimate of drug-likeness (QED) is 0.663. The van der Waals surface area contributed by atoms with Crippen LogP contribution in [0.3, 0.4) is 0 Å². The maximum absolute atomic E-state index is 12.1. The van der Waals surface area contributed by atoms with Gasteiger partial charge >= 0.3 is 11.8 Å². The minimum Gasteiger partial charge on any atom is -0.394 e. The zero-order valence-corrected chi connectivity index (χ0v) is 15.0. The number of rotatable bonds is 7. The number of aryl methyl sites for hydroxylation is 2. The van der Waals surface area contributed by atoms with Crippen molar-refractivity contribution in [1.29, 1.82) is 0 Å². The van der Waals surface area contributed by atoms with Gasteiger partial charge in [-0.25, -0.2) is 0 Å². The number of aliphatic hydroxyl groups excluding tert-OH is 1. The molecule has 0 bridgehead atoms. The third kappa shape index (κ3) is 5.68. The Balaban J connectivity index is 1.96. The number of anilines is 1. The van der Waals surface area contributed by atoms with Crippen LogP contribution in [-0.4, -0.2) is 36.7 Å². The molecule has 26 heavy (non-hydrogen) atoms. The molecule has 1 atom stereocenters. The van der Waals surface area contributed by atoms with Gasteiger partial charge in [-0.2, -0.15) is 0 Å². The van der Waals surface area contributed by atoms with Crippen LogP contribution in [0.25, 0.3) is 0 Å². The van der Waals surface area contributed by atoms with E-state index < -0.39 is 17.9 Å². The minimum atomic E-state index is -0.738. The Bertz CT molecular complexity index is 744. The van der Waals surface area contributed by atoms with Crippen molar-refractivity contribution >= 4 is 17.5 Å². The number of carbonyl (C=O) groups is 2. The lowest BCUT2D eigenvalue weighted by Crippen LogP contribution is -2.38. The molecule has 0 fully saturated rings. The summed E-state index contributed by atoms with van der Waals surface area (Å²) < 4.78 is 5.59. The van der Waals surface area contributed by atoms with Crippen molar-refractivity contribution in [3.05, 3.63) is 65.2 Å². The molecule has 0 radical (unpaired) electrons. The number of ether oxygens (including phenoxy) is 1. The zero-order valence-electron chi connectivity index (χ0n) is 15.0. The summed E-state index contributed by atoms with van der Waals surface area (Å²) in [6.07, 6.45) is -0.446. The molecule has 0 aliphatic rings. The van der Waals surface area contributed by atoms with Crippen LogP contribution in [0.5, 0.6) is 0 Å². The van der Waals surface area contributed by atoms with Gasteiger partial charge in [0.2, 0.25) is 0 Å². The minimum absolute atomic E-state index is 0.121. The molecule has 0 aliphatic heterocycles. The Kier molecular flexibility index (Phi) is 7.32. The molecule has 0 saturated heterocycles. The molecular formula is C20H24N2O4. The average molecular weight is 356 g/mol. The molecule has 0 aliphatic carbocycles. The van der Waals surface area contributed by atoms with Crippen LogP contribution >= 0.6 is 0 Å². The van der Waals surface area contributed by atoms with E-state index in [2.05, 4.69) is 10.6 Å². The van der Waals surface area contributed by atoms with Gasteiger partial charge in [0, 0.05) is 12.2 Å². The van der Waals surface area contributed by atoms with Crippen molar-refractivity contribution in [2.45, 2.75) is 20.0 Å². The van der Waals surface area contributed by atoms with Gasteiger partial charge in [-0.3, -0.25) is 9.59 Å². The molecule has 0 saturated carbocycles. The van der Waals surface area contributed by atoms with Gasteiger partial charge in [-0.05, 0) is 31.0 Å². The largest absolute Gasteiger partial charge is 0.394 e. The van der Waals surface area contributed by atoms with Gasteiger partial charge in [-0.1, -0.05) is 48.0 Å². The molecule has 2 amide bonds. The van der Waals surface area contributed by atoms with Gasteiger partial charge in [0.25, 0.3) is 0 Å². The maximum Gasteiger partial charge on any atom is 0.313 e. The summed E-state index contributed by atoms with van der Waals surface area (Å²) in [4.78, 5) is 24.2. The second-order valence-electron chi connectivity index (χ2n) is 5.97. The summed E-state index contributed by atoms with van der Waals surface area (Å²) in [5, 5.41) is 14.2. The van der Waals surface area contributed by atoms with E-state index in [4.69, 9.17) is 9.84 Å². The van der Waals surface area contributed by atoms with Crippen molar-refractivity contribution in [3.8, 4) is 0 Å². The second kappa shape index (κ2) is 9.70. The fourth-order valence-electron chi connectivity index (χ4n) is 2.41. The lowest BCUT2D eigenvalue weighted by atomic mass is 10.1. The highest BCUT2D eigenvalue weighted by molar-refractivity contribution is 6.39. The first kappa shape index (κ1) is 19.6. The van der Waals surface area contributed by atoms with Crippen LogP contribution in [0.4, 0.5) is 5.69 Å². The van der Waals surface area contributed by atoms with Gasteiger partial charge in [0.1, 0.15) is 0 Å². The van der Waals surface area contributed by atoms with Crippen LogP contribution in [0.15, 0.2) is 48.5 Å². The molecule has 138 valence electrons. The number of benzene rings is 2. The van der Waals surface area contributed by atoms with E-state index in [9.17, 15) is 9.59 Å². The molecule has 1 unspecified atom stereocenters. The fourth-order valence-corrected chi connectivity index (χ4v) is 2.41. The highest BCUT2D eigenvalue weighted by atomic mass is 16.5. The van der Waals surface area contributed by atoms with E-state index in [0.717, 1.165) is 16.7 Å². The summed E-state index contributed by atoms with van der Waals surface area (Å²) in [7, 11) is 0. The summed E-state index contributed by atoms with van der Waals surface area (Å²) in [5.74, 6) is -1.47. The summed E-state index contributed by atoms with van der Waals surface area (Å²) in [6.45, 7) is 3.98. The predicted octanol–water partition coefficient (Wildman–Crippen LogP) is 2.11. The van der Waals surface area contributed by atoms with E-state index in [1.54, 1.807) is 12.1 Å². The fraction of sp³-hybridized carbons (Fsp3) is 0.300. The summed E-state index contributed by atoms with van der Waals surface area (Å²) >= 11 is 0. The normalized spacial score (nSPS) is 11.7. The van der Waals surface area contributed by atoms with Gasteiger partial charge in [0.15, 0.2) is 0 Å². The van der Waals surface area contributed by atoms with E-state index >= 15 is 0 Å². The van der Waals surface area contributed by atoms with Crippen molar-refractivity contribution < 1.29 is 19.4 Å². The first-order valence-corrected chi connectivity index (χ1v) is 8.45. The Labute approximate surface area is 153 Å². The number of nitrogens with one attached hydrogen (secondary N) is 2. The lowest BCUT2D eigenvalue weighted by molar-refractivity contribution is -0.136. The molecule has 0 aromatic heterocycles. The van der Waals surface area contributed by atoms with Crippen molar-refractivity contribution in [3.63, 3.8) is 0 Å². The van der Waals surface area contributed by atoms with Crippen LogP contribution in [-0.2, 0) is 14.3 Å². The lowest BCUT2D eigenvalue weighted by Gasteiger charge is -2.19. The predicted molar refractivity (Wildman–Crippen MR) is 99.8 cm³/mol. The van der Waals surface area contributed by atoms with Crippen LogP contribution in [0, 0.1) is 13.8 Å². The Morgan fingerprint density at radius 2 is 1.73 bits per heavy atom. The standard InChI is InChI=1S/C20H24N2O4/c1-14-7-9-16(10-8-14)18(26-12-11-23)13-21-19(24)20(25)22-17-6-4-3-5-15(17)2/h3-10,18,23H,11-13H2,1-2H3,(H,21,24)(H,22,25). The smallest absolute Gasteiger partial charge is 0.313 e. The SMILES string of the molecule is Cc1ccc(C(CNC(=O)C(=O)Nc2ccccc2C)OCCO)cc1. The van der Waals surface area contributed by atoms with E-state index in [1.165, 1.54) is 0 Å². The Hall–Kier alpha value is -2.70. The third-order valence-corrected chi connectivity index (χ3v) is 3.91. The third-order valence-electron chi connectivity index (χ3n) is 3.91. The zero-order chi connectivity index (χ0) is 18.9. The molecule has 0 heterocycles.